The van der Waals surface area contributed by atoms with Crippen LogP contribution in [0.5, 0.6) is 5.75 Å². The number of nitrogens with zero attached hydrogens (tertiary/aromatic N) is 2. The number of hydrogen-bond donors (Lipinski definition) is 1. The molecule has 4 aromatic rings. The summed E-state index contributed by atoms with van der Waals surface area (Å²) >= 11 is 3.50. The molecule has 0 spiro atoms. The Morgan fingerprint density at radius 3 is 2.21 bits per heavy atom. The first-order valence-electron chi connectivity index (χ1n) is 15.9. The molecular formula is C37H39BrFN3O5S. The summed E-state index contributed by atoms with van der Waals surface area (Å²) < 4.78 is 49.3. The number of amides is 2. The van der Waals surface area contributed by atoms with Crippen molar-refractivity contribution in [3.8, 4) is 5.75 Å². The van der Waals surface area contributed by atoms with Crippen LogP contribution in [-0.4, -0.2) is 50.9 Å². The average Bonchev–Trinajstić information content (AvgIpc) is 3.10. The summed E-state index contributed by atoms with van der Waals surface area (Å²) in [5.41, 5.74) is 1.72. The van der Waals surface area contributed by atoms with Gasteiger partial charge < -0.3 is 15.0 Å². The SMILES string of the molecule is COc1ccc(S(=O)(=O)N(CC(=O)N(Cc2cccc(Br)c2)[C@@H](Cc2ccccc2)C(=O)NC2CCCCC2)c2ccc(F)cc2)cc1. The molecule has 1 atom stereocenters. The van der Waals surface area contributed by atoms with Crippen molar-refractivity contribution >= 4 is 43.5 Å². The Kier molecular flexibility index (Phi) is 11.9. The fourth-order valence-electron chi connectivity index (χ4n) is 5.94. The summed E-state index contributed by atoms with van der Waals surface area (Å²) in [6.07, 6.45) is 5.11. The average molecular weight is 737 g/mol. The van der Waals surface area contributed by atoms with Crippen molar-refractivity contribution in [3.63, 3.8) is 0 Å². The Morgan fingerprint density at radius 1 is 0.896 bits per heavy atom. The first-order chi connectivity index (χ1) is 23.1. The van der Waals surface area contributed by atoms with Crippen LogP contribution in [0.2, 0.25) is 0 Å². The molecule has 11 heteroatoms. The minimum atomic E-state index is -4.33. The predicted octanol–water partition coefficient (Wildman–Crippen LogP) is 6.88. The molecule has 0 aliphatic heterocycles. The molecule has 1 aliphatic carbocycles. The maximum atomic E-state index is 14.6. The van der Waals surface area contributed by atoms with Gasteiger partial charge in [-0.3, -0.25) is 13.9 Å². The number of carbonyl (C=O) groups excluding carboxylic acids is 2. The molecule has 1 saturated carbocycles. The number of carbonyl (C=O) groups is 2. The van der Waals surface area contributed by atoms with Gasteiger partial charge in [0.15, 0.2) is 0 Å². The second-order valence-corrected chi connectivity index (χ2v) is 14.6. The zero-order chi connectivity index (χ0) is 34.1. The third-order valence-corrected chi connectivity index (χ3v) is 10.8. The number of hydrogen-bond acceptors (Lipinski definition) is 5. The zero-order valence-corrected chi connectivity index (χ0v) is 29.1. The Bertz CT molecular complexity index is 1780. The Labute approximate surface area is 290 Å². The fourth-order valence-corrected chi connectivity index (χ4v) is 7.80. The Hall–Kier alpha value is -4.22. The number of rotatable bonds is 13. The minimum Gasteiger partial charge on any atom is -0.497 e. The van der Waals surface area contributed by atoms with E-state index in [1.807, 2.05) is 54.6 Å². The number of sulfonamides is 1. The van der Waals surface area contributed by atoms with Crippen LogP contribution in [0.1, 0.15) is 43.2 Å². The van der Waals surface area contributed by atoms with Crippen molar-refractivity contribution in [3.05, 3.63) is 125 Å². The maximum absolute atomic E-state index is 14.6. The monoisotopic (exact) mass is 735 g/mol. The van der Waals surface area contributed by atoms with Gasteiger partial charge >= 0.3 is 0 Å². The van der Waals surface area contributed by atoms with Gasteiger partial charge in [-0.25, -0.2) is 12.8 Å². The van der Waals surface area contributed by atoms with Crippen LogP contribution in [0.3, 0.4) is 0 Å². The second kappa shape index (κ2) is 16.3. The Balaban J connectivity index is 1.56. The molecule has 252 valence electrons. The van der Waals surface area contributed by atoms with Gasteiger partial charge in [-0.1, -0.05) is 77.7 Å². The highest BCUT2D eigenvalue weighted by molar-refractivity contribution is 9.10. The molecule has 5 rings (SSSR count). The van der Waals surface area contributed by atoms with Crippen molar-refractivity contribution in [2.75, 3.05) is 18.0 Å². The summed E-state index contributed by atoms with van der Waals surface area (Å²) in [6.45, 7) is -0.580. The lowest BCUT2D eigenvalue weighted by molar-refractivity contribution is -0.140. The van der Waals surface area contributed by atoms with E-state index in [1.54, 1.807) is 0 Å². The molecule has 0 unspecified atom stereocenters. The van der Waals surface area contributed by atoms with Crippen molar-refractivity contribution in [2.24, 2.45) is 0 Å². The lowest BCUT2D eigenvalue weighted by Crippen LogP contribution is -2.55. The molecule has 0 saturated heterocycles. The fraction of sp³-hybridized carbons (Fsp3) is 0.297. The predicted molar refractivity (Wildman–Crippen MR) is 188 cm³/mol. The minimum absolute atomic E-state index is 0.00138. The highest BCUT2D eigenvalue weighted by atomic mass is 79.9. The van der Waals surface area contributed by atoms with Crippen molar-refractivity contribution in [1.29, 1.82) is 0 Å². The van der Waals surface area contributed by atoms with Gasteiger partial charge in [-0.15, -0.1) is 0 Å². The van der Waals surface area contributed by atoms with Gasteiger partial charge in [-0.05, 0) is 84.6 Å². The summed E-state index contributed by atoms with van der Waals surface area (Å²) in [5.74, 6) is -0.965. The first-order valence-corrected chi connectivity index (χ1v) is 18.2. The number of anilines is 1. The van der Waals surface area contributed by atoms with Gasteiger partial charge in [0.2, 0.25) is 11.8 Å². The molecular weight excluding hydrogens is 697 g/mol. The summed E-state index contributed by atoms with van der Waals surface area (Å²) in [4.78, 5) is 30.2. The number of halogens is 2. The van der Waals surface area contributed by atoms with E-state index in [2.05, 4.69) is 21.2 Å². The van der Waals surface area contributed by atoms with Crippen LogP contribution in [-0.2, 0) is 32.6 Å². The largest absolute Gasteiger partial charge is 0.497 e. The molecule has 0 bridgehead atoms. The number of nitrogens with one attached hydrogen (secondary N) is 1. The van der Waals surface area contributed by atoms with E-state index in [0.717, 1.165) is 64.1 Å². The Morgan fingerprint density at radius 2 is 1.56 bits per heavy atom. The second-order valence-electron chi connectivity index (χ2n) is 11.9. The van der Waals surface area contributed by atoms with Crippen LogP contribution in [0.15, 0.2) is 112 Å². The molecule has 0 radical (unpaired) electrons. The normalized spacial score (nSPS) is 14.1. The standard InChI is InChI=1S/C37H39BrFN3O5S/c1-47-33-19-21-34(22-20-33)48(45,46)42(32-17-15-30(39)16-18-32)26-36(43)41(25-28-11-8-12-29(38)23-28)35(24-27-9-4-2-5-10-27)37(44)40-31-13-6-3-7-14-31/h2,4-5,8-12,15-23,31,35H,3,6-7,13-14,24-26H2,1H3,(H,40,44)/t35-/m0/s1. The third kappa shape index (κ3) is 9.02. The van der Waals surface area contributed by atoms with E-state index in [-0.39, 0.29) is 35.5 Å². The van der Waals surface area contributed by atoms with Gasteiger partial charge in [0.05, 0.1) is 17.7 Å². The summed E-state index contributed by atoms with van der Waals surface area (Å²) in [5, 5.41) is 3.20. The van der Waals surface area contributed by atoms with Crippen LogP contribution in [0.4, 0.5) is 10.1 Å². The van der Waals surface area contributed by atoms with Crippen LogP contribution >= 0.6 is 15.9 Å². The number of benzene rings is 4. The third-order valence-electron chi connectivity index (χ3n) is 8.51. The molecule has 1 fully saturated rings. The van der Waals surface area contributed by atoms with E-state index in [0.29, 0.717) is 5.75 Å². The lowest BCUT2D eigenvalue weighted by Gasteiger charge is -2.35. The smallest absolute Gasteiger partial charge is 0.264 e. The first kappa shape index (κ1) is 35.1. The van der Waals surface area contributed by atoms with Gasteiger partial charge in [0.1, 0.15) is 24.2 Å². The molecule has 4 aromatic carbocycles. The van der Waals surface area contributed by atoms with E-state index >= 15 is 0 Å². The molecule has 0 heterocycles. The molecule has 0 aromatic heterocycles. The molecule has 1 aliphatic rings. The van der Waals surface area contributed by atoms with E-state index < -0.39 is 34.3 Å². The van der Waals surface area contributed by atoms with Crippen LogP contribution < -0.4 is 14.4 Å². The van der Waals surface area contributed by atoms with Crippen LogP contribution in [0, 0.1) is 5.82 Å². The zero-order valence-electron chi connectivity index (χ0n) is 26.7. The highest BCUT2D eigenvalue weighted by Crippen LogP contribution is 2.27. The number of methoxy groups -OCH3 is 1. The summed E-state index contributed by atoms with van der Waals surface area (Å²) in [7, 11) is -2.85. The molecule has 8 nitrogen and oxygen atoms in total. The summed E-state index contributed by atoms with van der Waals surface area (Å²) in [6, 6.07) is 26.7. The van der Waals surface area contributed by atoms with Crippen LogP contribution in [0.25, 0.3) is 0 Å². The van der Waals surface area contributed by atoms with Gasteiger partial charge in [0.25, 0.3) is 10.0 Å². The van der Waals surface area contributed by atoms with Crippen molar-refractivity contribution in [1.82, 2.24) is 10.2 Å². The molecule has 48 heavy (non-hydrogen) atoms. The van der Waals surface area contributed by atoms with E-state index in [4.69, 9.17) is 4.74 Å². The van der Waals surface area contributed by atoms with E-state index in [9.17, 15) is 22.4 Å². The topological polar surface area (TPSA) is 96.0 Å². The van der Waals surface area contributed by atoms with Crippen molar-refractivity contribution in [2.45, 2.75) is 62.0 Å². The molecule has 2 amide bonds. The van der Waals surface area contributed by atoms with Gasteiger partial charge in [-0.2, -0.15) is 0 Å². The van der Waals surface area contributed by atoms with E-state index in [1.165, 1.54) is 48.4 Å². The van der Waals surface area contributed by atoms with Crippen molar-refractivity contribution < 1.29 is 27.1 Å². The van der Waals surface area contributed by atoms with Gasteiger partial charge in [0, 0.05) is 23.5 Å². The quantitative estimate of drug-likeness (QED) is 0.162. The highest BCUT2D eigenvalue weighted by Gasteiger charge is 2.35. The maximum Gasteiger partial charge on any atom is 0.264 e. The molecule has 1 N–H and O–H groups in total. The number of ether oxygens (including phenoxy) is 1. The lowest BCUT2D eigenvalue weighted by atomic mass is 9.94.